The molecule has 0 aromatic carbocycles. The van der Waals surface area contributed by atoms with Crippen molar-refractivity contribution >= 4 is 10.0 Å². The van der Waals surface area contributed by atoms with Gasteiger partial charge in [-0.3, -0.25) is 0 Å². The van der Waals surface area contributed by atoms with E-state index in [0.29, 0.717) is 0 Å². The third kappa shape index (κ3) is 3.36. The highest BCUT2D eigenvalue weighted by atomic mass is 28.2. The average Bonchev–Trinajstić information content (AvgIpc) is 2.04. The fourth-order valence-electron chi connectivity index (χ4n) is 1.35. The molecular formula is C8H18O2Si. The first-order valence-corrected chi connectivity index (χ1v) is 5.17. The van der Waals surface area contributed by atoms with Gasteiger partial charge in [0, 0.05) is 0 Å². The Bertz CT molecular complexity index is 84.1. The van der Waals surface area contributed by atoms with Crippen LogP contribution >= 0.6 is 0 Å². The summed E-state index contributed by atoms with van der Waals surface area (Å²) in [5, 5.41) is 0. The van der Waals surface area contributed by atoms with E-state index in [0.717, 1.165) is 25.7 Å². The molecule has 0 spiro atoms. The average molecular weight is 174 g/mol. The predicted molar refractivity (Wildman–Crippen MR) is 47.3 cm³/mol. The van der Waals surface area contributed by atoms with E-state index >= 15 is 0 Å². The third-order valence-electron chi connectivity index (χ3n) is 2.26. The normalized spacial score (nSPS) is 12.0. The summed E-state index contributed by atoms with van der Waals surface area (Å²) in [6, 6.07) is 0. The molecule has 66 valence electrons. The van der Waals surface area contributed by atoms with Crippen LogP contribution in [-0.4, -0.2) is 20.4 Å². The van der Waals surface area contributed by atoms with Crippen LogP contribution in [0.3, 0.4) is 0 Å². The van der Waals surface area contributed by atoms with E-state index in [2.05, 4.69) is 20.8 Å². The van der Waals surface area contributed by atoms with Crippen LogP contribution in [-0.2, 0) is 4.43 Å². The molecule has 2 nitrogen and oxygen atoms in total. The molecule has 0 aliphatic carbocycles. The van der Waals surface area contributed by atoms with Crippen molar-refractivity contribution in [3.05, 3.63) is 0 Å². The van der Waals surface area contributed by atoms with Crippen LogP contribution in [0.1, 0.15) is 46.5 Å². The molecule has 0 bridgehead atoms. The fourth-order valence-corrected chi connectivity index (χ4v) is 1.94. The summed E-state index contributed by atoms with van der Waals surface area (Å²) in [6.45, 7) is 6.36. The van der Waals surface area contributed by atoms with E-state index < -0.39 is 0 Å². The lowest BCUT2D eigenvalue weighted by Gasteiger charge is -2.30. The maximum absolute atomic E-state index is 8.70. The van der Waals surface area contributed by atoms with E-state index in [1.807, 2.05) is 0 Å². The van der Waals surface area contributed by atoms with Crippen molar-refractivity contribution in [1.82, 2.24) is 0 Å². The Morgan fingerprint density at radius 2 is 1.82 bits per heavy atom. The van der Waals surface area contributed by atoms with Crippen LogP contribution in [0.25, 0.3) is 0 Å². The minimum atomic E-state index is -0.367. The van der Waals surface area contributed by atoms with Crippen molar-refractivity contribution in [2.45, 2.75) is 52.1 Å². The van der Waals surface area contributed by atoms with Crippen LogP contribution in [0.5, 0.6) is 0 Å². The highest BCUT2D eigenvalue weighted by Crippen LogP contribution is 2.25. The van der Waals surface area contributed by atoms with Gasteiger partial charge in [0.2, 0.25) is 0 Å². The maximum Gasteiger partial charge on any atom is 0.430 e. The largest absolute Gasteiger partial charge is 0.430 e. The lowest BCUT2D eigenvalue weighted by Crippen LogP contribution is -2.32. The van der Waals surface area contributed by atoms with Gasteiger partial charge in [-0.25, -0.2) is 0 Å². The molecule has 0 saturated heterocycles. The Balaban J connectivity index is 3.96. The monoisotopic (exact) mass is 174 g/mol. The van der Waals surface area contributed by atoms with Gasteiger partial charge in [0.1, 0.15) is 0 Å². The van der Waals surface area contributed by atoms with Gasteiger partial charge in [-0.2, -0.15) is 0 Å². The molecule has 0 atom stereocenters. The molecule has 2 radical (unpaired) electrons. The first kappa shape index (κ1) is 11.1. The van der Waals surface area contributed by atoms with E-state index in [9.17, 15) is 0 Å². The molecule has 0 saturated carbocycles. The predicted octanol–water partition coefficient (Wildman–Crippen LogP) is 1.89. The second kappa shape index (κ2) is 5.74. The maximum atomic E-state index is 8.70. The number of hydrogen-bond donors (Lipinski definition) is 1. The van der Waals surface area contributed by atoms with Gasteiger partial charge in [-0.05, 0) is 19.3 Å². The van der Waals surface area contributed by atoms with Crippen LogP contribution in [0.4, 0.5) is 0 Å². The molecule has 0 amide bonds. The molecule has 0 aromatic heterocycles. The lowest BCUT2D eigenvalue weighted by molar-refractivity contribution is 0.0394. The van der Waals surface area contributed by atoms with Crippen LogP contribution < -0.4 is 0 Å². The van der Waals surface area contributed by atoms with E-state index in [1.54, 1.807) is 0 Å². The third-order valence-corrected chi connectivity index (χ3v) is 2.78. The van der Waals surface area contributed by atoms with Gasteiger partial charge in [0.05, 0.1) is 5.60 Å². The van der Waals surface area contributed by atoms with Gasteiger partial charge in [0.15, 0.2) is 0 Å². The first-order chi connectivity index (χ1) is 5.24. The molecule has 0 aromatic rings. The van der Waals surface area contributed by atoms with E-state index in [-0.39, 0.29) is 15.6 Å². The Morgan fingerprint density at radius 3 is 2.09 bits per heavy atom. The highest BCUT2D eigenvalue weighted by molar-refractivity contribution is 6.16. The van der Waals surface area contributed by atoms with E-state index in [1.165, 1.54) is 0 Å². The molecule has 0 aliphatic rings. The molecule has 1 N–H and O–H groups in total. The van der Waals surface area contributed by atoms with Crippen LogP contribution in [0.2, 0.25) is 0 Å². The SMILES string of the molecule is CCCC(CC)(CC)O[Si]O. The number of hydrogen-bond acceptors (Lipinski definition) is 2. The summed E-state index contributed by atoms with van der Waals surface area (Å²) in [5.41, 5.74) is -0.0536. The molecule has 0 heterocycles. The van der Waals surface area contributed by atoms with Crippen LogP contribution in [0, 0.1) is 0 Å². The quantitative estimate of drug-likeness (QED) is 0.623. The smallest absolute Gasteiger partial charge is 0.409 e. The molecule has 0 fully saturated rings. The Morgan fingerprint density at radius 1 is 1.27 bits per heavy atom. The van der Waals surface area contributed by atoms with Gasteiger partial charge in [-0.1, -0.05) is 27.2 Å². The van der Waals surface area contributed by atoms with Crippen molar-refractivity contribution in [1.29, 1.82) is 0 Å². The minimum Gasteiger partial charge on any atom is -0.409 e. The Kier molecular flexibility index (Phi) is 5.82. The molecule has 11 heavy (non-hydrogen) atoms. The molecular weight excluding hydrogens is 156 g/mol. The summed E-state index contributed by atoms with van der Waals surface area (Å²) in [4.78, 5) is 8.70. The van der Waals surface area contributed by atoms with E-state index in [4.69, 9.17) is 9.22 Å². The lowest BCUT2D eigenvalue weighted by atomic mass is 9.92. The van der Waals surface area contributed by atoms with Gasteiger partial charge >= 0.3 is 10.0 Å². The van der Waals surface area contributed by atoms with Gasteiger partial charge in [-0.15, -0.1) is 0 Å². The Hall–Kier alpha value is 0.137. The standard InChI is InChI=1S/C8H18O2Si/c1-4-7-8(5-2,6-3)10-11-9/h9H,4-7H2,1-3H3. The molecule has 3 heteroatoms. The van der Waals surface area contributed by atoms with Crippen molar-refractivity contribution in [3.8, 4) is 0 Å². The van der Waals surface area contributed by atoms with Gasteiger partial charge < -0.3 is 9.22 Å². The zero-order valence-electron chi connectivity index (χ0n) is 7.68. The topological polar surface area (TPSA) is 29.5 Å². The summed E-state index contributed by atoms with van der Waals surface area (Å²) in [7, 11) is -0.367. The zero-order valence-corrected chi connectivity index (χ0v) is 8.68. The second-order valence-electron chi connectivity index (χ2n) is 2.83. The molecule has 0 rings (SSSR count). The summed E-state index contributed by atoms with van der Waals surface area (Å²) in [6.07, 6.45) is 4.15. The summed E-state index contributed by atoms with van der Waals surface area (Å²) in [5.74, 6) is 0. The van der Waals surface area contributed by atoms with Crippen LogP contribution in [0.15, 0.2) is 0 Å². The minimum absolute atomic E-state index is 0.0536. The van der Waals surface area contributed by atoms with Crippen molar-refractivity contribution < 1.29 is 9.22 Å². The highest BCUT2D eigenvalue weighted by Gasteiger charge is 2.25. The van der Waals surface area contributed by atoms with Crippen molar-refractivity contribution in [3.63, 3.8) is 0 Å². The fraction of sp³-hybridized carbons (Fsp3) is 1.00. The first-order valence-electron chi connectivity index (χ1n) is 4.31. The van der Waals surface area contributed by atoms with Gasteiger partial charge in [0.25, 0.3) is 0 Å². The summed E-state index contributed by atoms with van der Waals surface area (Å²) >= 11 is 0. The van der Waals surface area contributed by atoms with Crippen molar-refractivity contribution in [2.75, 3.05) is 0 Å². The Labute approximate surface area is 72.0 Å². The number of rotatable bonds is 6. The second-order valence-corrected chi connectivity index (χ2v) is 3.22. The molecule has 0 aliphatic heterocycles. The van der Waals surface area contributed by atoms with Crippen molar-refractivity contribution in [2.24, 2.45) is 0 Å². The zero-order chi connectivity index (χ0) is 8.74. The molecule has 0 unspecified atom stereocenters. The summed E-state index contributed by atoms with van der Waals surface area (Å²) < 4.78 is 5.35.